The molecule has 5 nitrogen and oxygen atoms in total. The van der Waals surface area contributed by atoms with E-state index in [4.69, 9.17) is 16.3 Å². The van der Waals surface area contributed by atoms with Gasteiger partial charge in [0.1, 0.15) is 6.61 Å². The highest BCUT2D eigenvalue weighted by Gasteiger charge is 2.45. The molecule has 1 heterocycles. The topological polar surface area (TPSA) is 68.3 Å². The van der Waals surface area contributed by atoms with Crippen LogP contribution in [0, 0.1) is 6.92 Å². The van der Waals surface area contributed by atoms with Gasteiger partial charge in [-0.1, -0.05) is 11.6 Å². The summed E-state index contributed by atoms with van der Waals surface area (Å²) in [6.07, 6.45) is 0. The lowest BCUT2D eigenvalue weighted by molar-refractivity contribution is -0.0448. The van der Waals surface area contributed by atoms with Crippen LogP contribution in [0.1, 0.15) is 5.69 Å². The van der Waals surface area contributed by atoms with Crippen LogP contribution in [0.15, 0.2) is 12.1 Å². The van der Waals surface area contributed by atoms with Crippen molar-refractivity contribution < 1.29 is 26.3 Å². The minimum absolute atomic E-state index is 0.146. The van der Waals surface area contributed by atoms with Gasteiger partial charge in [-0.2, -0.15) is 13.2 Å². The third kappa shape index (κ3) is 4.51. The van der Waals surface area contributed by atoms with Crippen LogP contribution >= 0.6 is 11.6 Å². The van der Waals surface area contributed by atoms with E-state index in [1.807, 2.05) is 0 Å². The number of hydrogen-bond donors (Lipinski definition) is 1. The van der Waals surface area contributed by atoms with Gasteiger partial charge in [-0.05, 0) is 13.0 Å². The third-order valence-electron chi connectivity index (χ3n) is 1.94. The quantitative estimate of drug-likeness (QED) is 0.841. The standard InChI is InChI=1S/C9H10ClF3N2O3S/c1-6-7(10)2-3-8(15-6)18-5-4-14-19(16,17)9(11,12)13/h2-3,14H,4-5H2,1H3. The van der Waals surface area contributed by atoms with Gasteiger partial charge in [0.25, 0.3) is 0 Å². The van der Waals surface area contributed by atoms with Crippen molar-refractivity contribution in [3.8, 4) is 5.88 Å². The van der Waals surface area contributed by atoms with Gasteiger partial charge < -0.3 is 4.74 Å². The molecular weight excluding hydrogens is 309 g/mol. The van der Waals surface area contributed by atoms with Gasteiger partial charge in [-0.3, -0.25) is 0 Å². The zero-order valence-electron chi connectivity index (χ0n) is 9.66. The van der Waals surface area contributed by atoms with Crippen molar-refractivity contribution in [2.24, 2.45) is 0 Å². The number of sulfonamides is 1. The number of aryl methyl sites for hydroxylation is 1. The number of rotatable bonds is 5. The second kappa shape index (κ2) is 5.93. The molecule has 1 aromatic rings. The Morgan fingerprint density at radius 1 is 1.42 bits per heavy atom. The molecule has 0 unspecified atom stereocenters. The van der Waals surface area contributed by atoms with E-state index in [1.165, 1.54) is 16.9 Å². The molecule has 0 saturated heterocycles. The molecule has 1 rings (SSSR count). The maximum absolute atomic E-state index is 12.0. The van der Waals surface area contributed by atoms with Crippen LogP contribution in [0.5, 0.6) is 5.88 Å². The van der Waals surface area contributed by atoms with Crippen LogP contribution in [0.25, 0.3) is 0 Å². The molecule has 0 amide bonds. The van der Waals surface area contributed by atoms with Crippen molar-refractivity contribution in [2.75, 3.05) is 13.2 Å². The summed E-state index contributed by atoms with van der Waals surface area (Å²) < 4.78 is 63.5. The van der Waals surface area contributed by atoms with Crippen molar-refractivity contribution in [1.29, 1.82) is 0 Å². The third-order valence-corrected chi connectivity index (χ3v) is 3.54. The van der Waals surface area contributed by atoms with Crippen LogP contribution in [-0.2, 0) is 10.0 Å². The van der Waals surface area contributed by atoms with Crippen molar-refractivity contribution in [3.05, 3.63) is 22.8 Å². The molecule has 0 fully saturated rings. The zero-order valence-corrected chi connectivity index (χ0v) is 11.2. The van der Waals surface area contributed by atoms with E-state index in [-0.39, 0.29) is 12.5 Å². The van der Waals surface area contributed by atoms with Crippen molar-refractivity contribution in [1.82, 2.24) is 9.71 Å². The zero-order chi connectivity index (χ0) is 14.7. The average molecular weight is 319 g/mol. The van der Waals surface area contributed by atoms with Gasteiger partial charge in [0, 0.05) is 12.6 Å². The summed E-state index contributed by atoms with van der Waals surface area (Å²) in [6.45, 7) is 0.816. The summed E-state index contributed by atoms with van der Waals surface area (Å²) in [7, 11) is -5.34. The molecule has 0 saturated carbocycles. The smallest absolute Gasteiger partial charge is 0.476 e. The maximum Gasteiger partial charge on any atom is 0.511 e. The normalized spacial score (nSPS) is 12.5. The van der Waals surface area contributed by atoms with E-state index in [1.54, 1.807) is 6.92 Å². The summed E-state index contributed by atoms with van der Waals surface area (Å²) in [5.74, 6) is 0.146. The molecule has 0 spiro atoms. The molecular formula is C9H10ClF3N2O3S. The van der Waals surface area contributed by atoms with Crippen molar-refractivity contribution >= 4 is 21.6 Å². The van der Waals surface area contributed by atoms with E-state index >= 15 is 0 Å². The molecule has 19 heavy (non-hydrogen) atoms. The Morgan fingerprint density at radius 3 is 2.58 bits per heavy atom. The molecule has 0 aromatic carbocycles. The minimum atomic E-state index is -5.34. The molecule has 0 atom stereocenters. The lowest BCUT2D eigenvalue weighted by atomic mass is 10.4. The lowest BCUT2D eigenvalue weighted by Crippen LogP contribution is -2.38. The Bertz CT molecular complexity index is 548. The molecule has 0 aliphatic rings. The summed E-state index contributed by atoms with van der Waals surface area (Å²) in [6, 6.07) is 2.94. The van der Waals surface area contributed by atoms with Crippen LogP contribution in [0.2, 0.25) is 5.02 Å². The fraction of sp³-hybridized carbons (Fsp3) is 0.444. The summed E-state index contributed by atoms with van der Waals surface area (Å²) in [5, 5.41) is 0.421. The van der Waals surface area contributed by atoms with E-state index < -0.39 is 22.1 Å². The number of ether oxygens (including phenoxy) is 1. The highest BCUT2D eigenvalue weighted by molar-refractivity contribution is 7.90. The molecule has 0 radical (unpaired) electrons. The van der Waals surface area contributed by atoms with Gasteiger partial charge in [0.15, 0.2) is 0 Å². The first-order valence-electron chi connectivity index (χ1n) is 4.95. The molecule has 0 aliphatic heterocycles. The number of hydrogen-bond acceptors (Lipinski definition) is 4. The van der Waals surface area contributed by atoms with Gasteiger partial charge in [0.05, 0.1) is 10.7 Å². The molecule has 1 aromatic heterocycles. The Morgan fingerprint density at radius 2 is 2.05 bits per heavy atom. The number of nitrogens with zero attached hydrogens (tertiary/aromatic N) is 1. The number of nitrogens with one attached hydrogen (secondary N) is 1. The van der Waals surface area contributed by atoms with Gasteiger partial charge in [-0.15, -0.1) is 0 Å². The maximum atomic E-state index is 12.0. The molecule has 108 valence electrons. The van der Waals surface area contributed by atoms with E-state index in [0.717, 1.165) is 0 Å². The second-order valence-corrected chi connectivity index (χ2v) is 5.57. The van der Waals surface area contributed by atoms with Gasteiger partial charge in [0.2, 0.25) is 5.88 Å². The fourth-order valence-electron chi connectivity index (χ4n) is 1.01. The monoisotopic (exact) mass is 318 g/mol. The largest absolute Gasteiger partial charge is 0.511 e. The highest BCUT2D eigenvalue weighted by atomic mass is 35.5. The average Bonchev–Trinajstić information content (AvgIpc) is 2.27. The van der Waals surface area contributed by atoms with Crippen LogP contribution < -0.4 is 9.46 Å². The first-order valence-corrected chi connectivity index (χ1v) is 6.81. The van der Waals surface area contributed by atoms with Crippen LogP contribution in [0.4, 0.5) is 13.2 Å². The van der Waals surface area contributed by atoms with E-state index in [9.17, 15) is 21.6 Å². The predicted octanol–water partition coefficient (Wildman–Crippen LogP) is 1.86. The first kappa shape index (κ1) is 16.0. The summed E-state index contributed by atoms with van der Waals surface area (Å²) in [4.78, 5) is 3.90. The SMILES string of the molecule is Cc1nc(OCCNS(=O)(=O)C(F)(F)F)ccc1Cl. The van der Waals surface area contributed by atoms with E-state index in [2.05, 4.69) is 4.98 Å². The second-order valence-electron chi connectivity index (χ2n) is 3.41. The first-order chi connectivity index (χ1) is 8.63. The number of alkyl halides is 3. The van der Waals surface area contributed by atoms with Gasteiger partial charge in [-0.25, -0.2) is 18.1 Å². The van der Waals surface area contributed by atoms with Crippen LogP contribution in [-0.4, -0.2) is 32.1 Å². The Hall–Kier alpha value is -1.06. The predicted molar refractivity (Wildman–Crippen MR) is 62.5 cm³/mol. The highest BCUT2D eigenvalue weighted by Crippen LogP contribution is 2.21. The Balaban J connectivity index is 2.46. The molecule has 1 N–H and O–H groups in total. The molecule has 0 aliphatic carbocycles. The molecule has 0 bridgehead atoms. The number of pyridine rings is 1. The van der Waals surface area contributed by atoms with E-state index in [0.29, 0.717) is 10.7 Å². The van der Waals surface area contributed by atoms with Gasteiger partial charge >= 0.3 is 15.5 Å². The number of halogens is 4. The fourth-order valence-corrected chi connectivity index (χ4v) is 1.64. The minimum Gasteiger partial charge on any atom is -0.476 e. The van der Waals surface area contributed by atoms with Crippen LogP contribution in [0.3, 0.4) is 0 Å². The Labute approximate surface area is 112 Å². The molecule has 10 heteroatoms. The number of aromatic nitrogens is 1. The summed E-state index contributed by atoms with van der Waals surface area (Å²) in [5.41, 5.74) is -4.84. The Kier molecular flexibility index (Phi) is 4.99. The summed E-state index contributed by atoms with van der Waals surface area (Å²) >= 11 is 5.72. The van der Waals surface area contributed by atoms with Crippen molar-refractivity contribution in [2.45, 2.75) is 12.4 Å². The van der Waals surface area contributed by atoms with Crippen molar-refractivity contribution in [3.63, 3.8) is 0 Å². The lowest BCUT2D eigenvalue weighted by Gasteiger charge is -2.10.